The lowest BCUT2D eigenvalue weighted by atomic mass is 10.0. The number of H-pyrrole nitrogens is 2. The van der Waals surface area contributed by atoms with Crippen molar-refractivity contribution in [2.24, 2.45) is 17.8 Å². The number of aryl methyl sites for hydroxylation is 1. The first-order valence-corrected chi connectivity index (χ1v) is 24.6. The summed E-state index contributed by atoms with van der Waals surface area (Å²) in [7, 11) is 2.56. The number of halogens is 1. The third-order valence-corrected chi connectivity index (χ3v) is 15.0. The van der Waals surface area contributed by atoms with E-state index in [1.165, 1.54) is 20.3 Å². The maximum atomic E-state index is 17.0. The van der Waals surface area contributed by atoms with Gasteiger partial charge in [0.25, 0.3) is 0 Å². The Hall–Kier alpha value is -7.37. The fourth-order valence-corrected chi connectivity index (χ4v) is 11.2. The molecule has 17 nitrogen and oxygen atoms in total. The summed E-state index contributed by atoms with van der Waals surface area (Å²) in [5, 5.41) is 6.29. The Morgan fingerprint density at radius 2 is 1.49 bits per heavy atom. The highest BCUT2D eigenvalue weighted by molar-refractivity contribution is 5.93. The molecule has 5 aliphatic rings. The van der Waals surface area contributed by atoms with Crippen LogP contribution in [0.5, 0.6) is 11.5 Å². The number of alkyl carbamates (subject to hydrolysis) is 2. The summed E-state index contributed by atoms with van der Waals surface area (Å²) in [6.45, 7) is 8.67. The summed E-state index contributed by atoms with van der Waals surface area (Å²) in [6, 6.07) is 15.5. The summed E-state index contributed by atoms with van der Waals surface area (Å²) in [6.07, 6.45) is 6.41. The number of methoxy groups -OCH3 is 2. The van der Waals surface area contributed by atoms with E-state index in [2.05, 4.69) is 38.8 Å². The first-order valence-electron chi connectivity index (χ1n) is 24.6. The van der Waals surface area contributed by atoms with Crippen LogP contribution in [0.1, 0.15) is 101 Å². The second kappa shape index (κ2) is 18.1. The molecule has 4 aliphatic heterocycles. The summed E-state index contributed by atoms with van der Waals surface area (Å²) >= 11 is 0. The number of hydrogen-bond acceptors (Lipinski definition) is 10. The molecule has 7 atom stereocenters. The number of fused-ring (bicyclic) bond motifs is 7. The highest BCUT2D eigenvalue weighted by atomic mass is 19.1. The predicted molar refractivity (Wildman–Crippen MR) is 260 cm³/mol. The first kappa shape index (κ1) is 46.0. The van der Waals surface area contributed by atoms with Gasteiger partial charge in [-0.2, -0.15) is 0 Å². The third-order valence-electron chi connectivity index (χ3n) is 15.0. The van der Waals surface area contributed by atoms with Gasteiger partial charge in [0, 0.05) is 34.7 Å². The van der Waals surface area contributed by atoms with Gasteiger partial charge in [0.1, 0.15) is 41.0 Å². The van der Waals surface area contributed by atoms with Crippen LogP contribution in [-0.2, 0) is 25.5 Å². The summed E-state index contributed by atoms with van der Waals surface area (Å²) in [5.41, 5.74) is 6.48. The number of carbonyl (C=O) groups is 4. The van der Waals surface area contributed by atoms with Gasteiger partial charge in [0.2, 0.25) is 18.0 Å². The number of nitrogens with zero attached hydrogens (tertiary/aromatic N) is 5. The zero-order valence-corrected chi connectivity index (χ0v) is 40.6. The molecule has 18 heteroatoms. The minimum absolute atomic E-state index is 0.0981. The molecule has 4 amide bonds. The molecule has 3 aromatic heterocycles. The van der Waals surface area contributed by atoms with Crippen LogP contribution >= 0.6 is 0 Å². The molecule has 4 N–H and O–H groups in total. The molecule has 0 bridgehead atoms. The quantitative estimate of drug-likeness (QED) is 0.0976. The minimum Gasteiger partial charge on any atom is -0.493 e. The topological polar surface area (TPSA) is 198 Å². The number of rotatable bonds is 11. The highest BCUT2D eigenvalue weighted by Gasteiger charge is 2.56. The summed E-state index contributed by atoms with van der Waals surface area (Å²) < 4.78 is 41.8. The van der Waals surface area contributed by atoms with Gasteiger partial charge in [-0.15, -0.1) is 0 Å². The van der Waals surface area contributed by atoms with Gasteiger partial charge in [-0.1, -0.05) is 45.9 Å². The molecule has 3 aromatic carbocycles. The van der Waals surface area contributed by atoms with Crippen LogP contribution in [0.3, 0.4) is 0 Å². The predicted octanol–water partition coefficient (Wildman–Crippen LogP) is 8.58. The van der Waals surface area contributed by atoms with Gasteiger partial charge in [-0.25, -0.2) is 23.9 Å². The molecule has 6 aromatic rings. The molecule has 71 heavy (non-hydrogen) atoms. The number of imidazole rings is 2. The number of piperidine rings is 1. The van der Waals surface area contributed by atoms with E-state index < -0.39 is 36.3 Å². The van der Waals surface area contributed by atoms with Gasteiger partial charge in [-0.05, 0) is 98.2 Å². The highest BCUT2D eigenvalue weighted by Crippen LogP contribution is 2.54. The second-order valence-corrected chi connectivity index (χ2v) is 20.1. The Balaban J connectivity index is 0.924. The van der Waals surface area contributed by atoms with Crippen LogP contribution < -0.4 is 20.1 Å². The number of nitrogens with one attached hydrogen (secondary N) is 4. The van der Waals surface area contributed by atoms with E-state index in [0.29, 0.717) is 65.4 Å². The van der Waals surface area contributed by atoms with Crippen LogP contribution in [0.4, 0.5) is 14.0 Å². The van der Waals surface area contributed by atoms with Crippen molar-refractivity contribution in [2.45, 2.75) is 103 Å². The van der Waals surface area contributed by atoms with Gasteiger partial charge in [0.15, 0.2) is 0 Å². The lowest BCUT2D eigenvalue weighted by Gasteiger charge is -2.32. The van der Waals surface area contributed by atoms with Crippen molar-refractivity contribution in [1.82, 2.24) is 44.9 Å². The smallest absolute Gasteiger partial charge is 0.407 e. The Labute approximate surface area is 409 Å². The van der Waals surface area contributed by atoms with Crippen molar-refractivity contribution < 1.29 is 42.5 Å². The zero-order valence-electron chi connectivity index (χ0n) is 40.6. The normalized spacial score (nSPS) is 21.7. The van der Waals surface area contributed by atoms with Gasteiger partial charge in [0.05, 0.1) is 73.5 Å². The van der Waals surface area contributed by atoms with Crippen molar-refractivity contribution in [3.05, 3.63) is 95.6 Å². The van der Waals surface area contributed by atoms with E-state index in [-0.39, 0.29) is 41.8 Å². The number of aromatic amines is 2. The molecule has 7 heterocycles. The van der Waals surface area contributed by atoms with E-state index >= 15 is 4.39 Å². The van der Waals surface area contributed by atoms with Gasteiger partial charge < -0.3 is 53.9 Å². The summed E-state index contributed by atoms with van der Waals surface area (Å²) in [5.74, 6) is 1.61. The van der Waals surface area contributed by atoms with Crippen molar-refractivity contribution in [2.75, 3.05) is 27.4 Å². The molecule has 3 fully saturated rings. The van der Waals surface area contributed by atoms with Crippen LogP contribution in [0.25, 0.3) is 44.7 Å². The zero-order chi connectivity index (χ0) is 49.4. The third kappa shape index (κ3) is 8.19. The first-order chi connectivity index (χ1) is 34.3. The number of amides is 4. The number of ether oxygens (including phenoxy) is 4. The van der Waals surface area contributed by atoms with E-state index in [4.69, 9.17) is 28.9 Å². The van der Waals surface area contributed by atoms with Crippen molar-refractivity contribution in [1.29, 1.82) is 0 Å². The van der Waals surface area contributed by atoms with E-state index in [9.17, 15) is 19.2 Å². The lowest BCUT2D eigenvalue weighted by Crippen LogP contribution is -2.52. The average Bonchev–Trinajstić information content (AvgIpc) is 4.03. The molecular weight excluding hydrogens is 910 g/mol. The molecule has 0 spiro atoms. The Morgan fingerprint density at radius 3 is 2.21 bits per heavy atom. The molecule has 11 rings (SSSR count). The van der Waals surface area contributed by atoms with E-state index in [0.717, 1.165) is 71.1 Å². The number of carbonyl (C=O) groups excluding carboxylic acids is 4. The lowest BCUT2D eigenvalue weighted by molar-refractivity contribution is -0.137. The largest absolute Gasteiger partial charge is 0.493 e. The monoisotopic (exact) mass is 967 g/mol. The van der Waals surface area contributed by atoms with Gasteiger partial charge in [-0.3, -0.25) is 9.59 Å². The van der Waals surface area contributed by atoms with Crippen molar-refractivity contribution in [3.63, 3.8) is 0 Å². The second-order valence-electron chi connectivity index (χ2n) is 20.1. The minimum atomic E-state index is -0.778. The molecular formula is C53H58FN9O8. The van der Waals surface area contributed by atoms with Crippen LogP contribution in [-0.4, -0.2) is 104 Å². The fraction of sp³-hybridized carbons (Fsp3) is 0.434. The maximum absolute atomic E-state index is 17.0. The van der Waals surface area contributed by atoms with Crippen molar-refractivity contribution in [3.8, 4) is 45.3 Å². The Morgan fingerprint density at radius 1 is 0.789 bits per heavy atom. The Kier molecular flexibility index (Phi) is 11.7. The number of aromatic nitrogens is 5. The SMILES string of the molecule is COC(=O)N[C@@H](C(=O)N1CCC[C@H]1c1ncc(-c2cc(F)c3c(c2)OC(c2ccc4c(c2)OCCC4)n2c-3cc3cc(-c4cnc([C@@H]5C[C@H]6CC6N5C(=O)[C@H](NC(=O)OC)C(C)C)[nH]4)ccc32)[nH]1)C(C)C. The fourth-order valence-electron chi connectivity index (χ4n) is 11.2. The molecule has 1 aliphatic carbocycles. The number of likely N-dealkylation sites (tertiary alicyclic amines) is 2. The van der Waals surface area contributed by atoms with E-state index in [1.807, 2.05) is 67.5 Å². The van der Waals surface area contributed by atoms with Gasteiger partial charge >= 0.3 is 12.2 Å². The van der Waals surface area contributed by atoms with Crippen LogP contribution in [0, 0.1) is 23.6 Å². The standard InChI is InChI=1S/C53H58FN9O8/c1-26(2)45(59-52(66)68-5)49(64)61-15-7-10-38(61)47-55-25-36(58-47)31-18-34(54)44-40-20-32-17-29(13-14-37(32)63(40)51(71-43(44)23-31)30-12-11-28-9-8-16-70-42(28)22-30)35-24-56-48(57-35)41-21-33-19-39(33)62(41)50(65)46(27(3)4)60-53(67)69-6/h11-14,17-18,20,22-27,33,38-39,41,45-46,51H,7-10,15-16,19,21H2,1-6H3,(H,55,58)(H,56,57)(H,59,66)(H,60,67)/t33-,38+,39?,41+,45-,46-,51?/m1/s1. The summed E-state index contributed by atoms with van der Waals surface area (Å²) in [4.78, 5) is 72.4. The molecule has 2 unspecified atom stereocenters. The number of hydrogen-bond donors (Lipinski definition) is 4. The maximum Gasteiger partial charge on any atom is 0.407 e. The molecule has 370 valence electrons. The average molecular weight is 968 g/mol. The van der Waals surface area contributed by atoms with Crippen molar-refractivity contribution >= 4 is 34.9 Å². The van der Waals surface area contributed by atoms with E-state index in [1.54, 1.807) is 17.3 Å². The molecule has 2 saturated heterocycles. The Bertz CT molecular complexity index is 3090. The number of benzene rings is 3. The van der Waals surface area contributed by atoms with Crippen LogP contribution in [0.15, 0.2) is 67.0 Å². The molecule has 0 radical (unpaired) electrons. The molecule has 1 saturated carbocycles. The van der Waals surface area contributed by atoms with Crippen LogP contribution in [0.2, 0.25) is 0 Å².